The number of hydrogen-bond acceptors (Lipinski definition) is 3. The maximum Gasteiger partial charge on any atom is 0.341 e. The van der Waals surface area contributed by atoms with Gasteiger partial charge in [-0.2, -0.15) is 8.78 Å². The van der Waals surface area contributed by atoms with Crippen LogP contribution in [0.25, 0.3) is 16.8 Å². The summed E-state index contributed by atoms with van der Waals surface area (Å²) in [5.41, 5.74) is 1.18. The lowest BCUT2D eigenvalue weighted by Crippen LogP contribution is -2.12. The molecule has 0 aromatic heterocycles. The van der Waals surface area contributed by atoms with Gasteiger partial charge in [0.05, 0.1) is 4.90 Å². The van der Waals surface area contributed by atoms with Crippen LogP contribution in [0.4, 0.5) is 14.5 Å². The molecule has 3 aromatic carbocycles. The highest BCUT2D eigenvalue weighted by Gasteiger charge is 2.26. The standard InChI is InChI=1S/C20H15F2NO3S/c21-20(22)27(25,26)17-11-9-16(10-12-17)23-19(24)13-8-15-6-3-5-14-4-1-2-7-18(14)15/h1-13,20H,(H,23,24)/b13-8+. The molecule has 1 amide bonds. The lowest BCUT2D eigenvalue weighted by Gasteiger charge is -2.06. The maximum absolute atomic E-state index is 12.5. The van der Waals surface area contributed by atoms with Crippen molar-refractivity contribution in [2.75, 3.05) is 5.32 Å². The van der Waals surface area contributed by atoms with Crippen LogP contribution >= 0.6 is 0 Å². The average molecular weight is 387 g/mol. The van der Waals surface area contributed by atoms with Crippen molar-refractivity contribution in [3.8, 4) is 0 Å². The van der Waals surface area contributed by atoms with Crippen LogP contribution in [0, 0.1) is 0 Å². The van der Waals surface area contributed by atoms with E-state index < -0.39 is 26.4 Å². The fraction of sp³-hybridized carbons (Fsp3) is 0.0500. The number of hydrogen-bond donors (Lipinski definition) is 1. The largest absolute Gasteiger partial charge is 0.341 e. The van der Waals surface area contributed by atoms with Crippen LogP contribution < -0.4 is 5.32 Å². The molecule has 0 unspecified atom stereocenters. The smallest absolute Gasteiger partial charge is 0.323 e. The number of sulfone groups is 1. The lowest BCUT2D eigenvalue weighted by molar-refractivity contribution is -0.111. The van der Waals surface area contributed by atoms with Gasteiger partial charge in [0.2, 0.25) is 15.7 Å². The lowest BCUT2D eigenvalue weighted by atomic mass is 10.0. The first kappa shape index (κ1) is 18.7. The Morgan fingerprint density at radius 1 is 0.926 bits per heavy atom. The van der Waals surface area contributed by atoms with Crippen LogP contribution in [0.3, 0.4) is 0 Å². The zero-order valence-electron chi connectivity index (χ0n) is 14.0. The summed E-state index contributed by atoms with van der Waals surface area (Å²) in [5.74, 6) is -3.91. The first-order chi connectivity index (χ1) is 12.9. The molecule has 27 heavy (non-hydrogen) atoms. The Hall–Kier alpha value is -3.06. The second kappa shape index (κ2) is 7.67. The van der Waals surface area contributed by atoms with Gasteiger partial charge in [-0.25, -0.2) is 8.42 Å². The summed E-state index contributed by atoms with van der Waals surface area (Å²) in [6.07, 6.45) is 3.03. The van der Waals surface area contributed by atoms with E-state index in [0.717, 1.165) is 28.5 Å². The molecule has 0 bridgehead atoms. The predicted molar refractivity (Wildman–Crippen MR) is 101 cm³/mol. The molecule has 0 atom stereocenters. The molecule has 0 heterocycles. The minimum Gasteiger partial charge on any atom is -0.323 e. The second-order valence-electron chi connectivity index (χ2n) is 5.72. The molecule has 4 nitrogen and oxygen atoms in total. The van der Waals surface area contributed by atoms with Crippen LogP contribution in [0.15, 0.2) is 77.7 Å². The molecule has 1 N–H and O–H groups in total. The Balaban J connectivity index is 1.73. The monoisotopic (exact) mass is 387 g/mol. The van der Waals surface area contributed by atoms with E-state index in [-0.39, 0.29) is 0 Å². The molecular weight excluding hydrogens is 372 g/mol. The van der Waals surface area contributed by atoms with Gasteiger partial charge in [0.1, 0.15) is 0 Å². The summed E-state index contributed by atoms with van der Waals surface area (Å²) in [6.45, 7) is 0. The molecule has 0 radical (unpaired) electrons. The van der Waals surface area contributed by atoms with E-state index in [1.165, 1.54) is 18.2 Å². The topological polar surface area (TPSA) is 63.2 Å². The van der Waals surface area contributed by atoms with Crippen molar-refractivity contribution in [2.45, 2.75) is 10.7 Å². The normalized spacial score (nSPS) is 12.0. The minimum absolute atomic E-state index is 0.302. The highest BCUT2D eigenvalue weighted by atomic mass is 32.2. The highest BCUT2D eigenvalue weighted by Crippen LogP contribution is 2.21. The Bertz CT molecular complexity index is 1100. The van der Waals surface area contributed by atoms with Crippen molar-refractivity contribution in [1.82, 2.24) is 0 Å². The summed E-state index contributed by atoms with van der Waals surface area (Å²) in [5, 5.41) is 4.62. The third-order valence-corrected chi connectivity index (χ3v) is 5.32. The number of alkyl halides is 2. The van der Waals surface area contributed by atoms with Gasteiger partial charge in [0, 0.05) is 11.8 Å². The Morgan fingerprint density at radius 3 is 2.30 bits per heavy atom. The van der Waals surface area contributed by atoms with Gasteiger partial charge >= 0.3 is 5.76 Å². The number of anilines is 1. The zero-order chi connectivity index (χ0) is 19.4. The van der Waals surface area contributed by atoms with E-state index >= 15 is 0 Å². The summed E-state index contributed by atoms with van der Waals surface area (Å²) < 4.78 is 47.8. The van der Waals surface area contributed by atoms with Crippen molar-refractivity contribution < 1.29 is 22.0 Å². The molecule has 3 rings (SSSR count). The van der Waals surface area contributed by atoms with Crippen LogP contribution in [0.2, 0.25) is 0 Å². The van der Waals surface area contributed by atoms with Crippen molar-refractivity contribution >= 4 is 38.3 Å². The highest BCUT2D eigenvalue weighted by molar-refractivity contribution is 7.91. The molecule has 138 valence electrons. The van der Waals surface area contributed by atoms with Gasteiger partial charge in [-0.1, -0.05) is 42.5 Å². The first-order valence-electron chi connectivity index (χ1n) is 7.97. The maximum atomic E-state index is 12.5. The number of carbonyl (C=O) groups excluding carboxylic acids is 1. The molecule has 0 spiro atoms. The zero-order valence-corrected chi connectivity index (χ0v) is 14.8. The molecule has 3 aromatic rings. The van der Waals surface area contributed by atoms with Crippen molar-refractivity contribution in [3.05, 3.63) is 78.4 Å². The number of nitrogens with one attached hydrogen (secondary N) is 1. The number of amides is 1. The van der Waals surface area contributed by atoms with Crippen LogP contribution in [0.1, 0.15) is 5.56 Å². The second-order valence-corrected chi connectivity index (χ2v) is 7.64. The fourth-order valence-corrected chi connectivity index (χ4v) is 3.30. The molecule has 0 fully saturated rings. The van der Waals surface area contributed by atoms with Crippen molar-refractivity contribution in [3.63, 3.8) is 0 Å². The van der Waals surface area contributed by atoms with Crippen LogP contribution in [-0.4, -0.2) is 20.1 Å². The number of halogens is 2. The van der Waals surface area contributed by atoms with E-state index in [0.29, 0.717) is 5.69 Å². The average Bonchev–Trinajstić information content (AvgIpc) is 2.66. The quantitative estimate of drug-likeness (QED) is 0.656. The minimum atomic E-state index is -4.65. The SMILES string of the molecule is O=C(/C=C/c1cccc2ccccc12)Nc1ccc(S(=O)(=O)C(F)F)cc1. The van der Waals surface area contributed by atoms with Gasteiger partial charge in [0.25, 0.3) is 0 Å². The van der Waals surface area contributed by atoms with Gasteiger partial charge in [-0.05, 0) is 46.7 Å². The number of benzene rings is 3. The number of fused-ring (bicyclic) bond motifs is 1. The van der Waals surface area contributed by atoms with Gasteiger partial charge in [0.15, 0.2) is 0 Å². The molecule has 0 saturated heterocycles. The Labute approximate surface area is 155 Å². The third kappa shape index (κ3) is 4.20. The summed E-state index contributed by atoms with van der Waals surface area (Å²) in [6, 6.07) is 18.1. The number of rotatable bonds is 5. The molecule has 0 aliphatic heterocycles. The van der Waals surface area contributed by atoms with E-state index in [9.17, 15) is 22.0 Å². The summed E-state index contributed by atoms with van der Waals surface area (Å²) in [4.78, 5) is 11.6. The molecule has 0 aliphatic rings. The van der Waals surface area contributed by atoms with Crippen molar-refractivity contribution in [2.24, 2.45) is 0 Å². The van der Waals surface area contributed by atoms with Crippen molar-refractivity contribution in [1.29, 1.82) is 0 Å². The molecule has 0 aliphatic carbocycles. The molecule has 7 heteroatoms. The van der Waals surface area contributed by atoms with Gasteiger partial charge in [-0.15, -0.1) is 0 Å². The summed E-state index contributed by atoms with van der Waals surface area (Å²) in [7, 11) is -4.65. The van der Waals surface area contributed by atoms with E-state index in [2.05, 4.69) is 5.32 Å². The summed E-state index contributed by atoms with van der Waals surface area (Å²) >= 11 is 0. The van der Waals surface area contributed by atoms with E-state index in [1.54, 1.807) is 6.08 Å². The van der Waals surface area contributed by atoms with Gasteiger partial charge in [-0.3, -0.25) is 4.79 Å². The van der Waals surface area contributed by atoms with Crippen LogP contribution in [0.5, 0.6) is 0 Å². The molecular formula is C20H15F2NO3S. The van der Waals surface area contributed by atoms with E-state index in [1.807, 2.05) is 42.5 Å². The Kier molecular flexibility index (Phi) is 5.32. The first-order valence-corrected chi connectivity index (χ1v) is 9.51. The Morgan fingerprint density at radius 2 is 1.59 bits per heavy atom. The van der Waals surface area contributed by atoms with E-state index in [4.69, 9.17) is 0 Å². The third-order valence-electron chi connectivity index (χ3n) is 3.92. The number of carbonyl (C=O) groups is 1. The fourth-order valence-electron chi connectivity index (χ4n) is 2.58. The predicted octanol–water partition coefficient (Wildman–Crippen LogP) is 4.49. The van der Waals surface area contributed by atoms with Gasteiger partial charge < -0.3 is 5.32 Å². The molecule has 0 saturated carbocycles. The van der Waals surface area contributed by atoms with Crippen LogP contribution in [-0.2, 0) is 14.6 Å².